The van der Waals surface area contributed by atoms with Gasteiger partial charge in [0.1, 0.15) is 0 Å². The highest BCUT2D eigenvalue weighted by molar-refractivity contribution is 5.84. The summed E-state index contributed by atoms with van der Waals surface area (Å²) < 4.78 is 0. The number of hydrogen-bond donors (Lipinski definition) is 0. The summed E-state index contributed by atoms with van der Waals surface area (Å²) in [5, 5.41) is 0. The lowest BCUT2D eigenvalue weighted by Gasteiger charge is -2.13. The molecule has 0 spiro atoms. The molecule has 31 heavy (non-hydrogen) atoms. The average Bonchev–Trinajstić information content (AvgIpc) is 3.68. The Bertz CT molecular complexity index is 904. The first-order chi connectivity index (χ1) is 15.4. The van der Waals surface area contributed by atoms with Gasteiger partial charge in [-0.25, -0.2) is 0 Å². The molecule has 0 amide bonds. The van der Waals surface area contributed by atoms with Gasteiger partial charge in [-0.3, -0.25) is 0 Å². The molecular weight excluding hydrogens is 372 g/mol. The van der Waals surface area contributed by atoms with Crippen LogP contribution in [0.4, 0.5) is 0 Å². The van der Waals surface area contributed by atoms with Crippen molar-refractivity contribution in [2.75, 3.05) is 0 Å². The third-order valence-corrected chi connectivity index (χ3v) is 5.29. The van der Waals surface area contributed by atoms with Crippen LogP contribution < -0.4 is 0 Å². The summed E-state index contributed by atoms with van der Waals surface area (Å²) in [4.78, 5) is 0. The molecule has 2 aliphatic carbocycles. The fourth-order valence-electron chi connectivity index (χ4n) is 3.74. The van der Waals surface area contributed by atoms with E-state index in [1.807, 2.05) is 41.5 Å². The van der Waals surface area contributed by atoms with Crippen LogP contribution in [0.3, 0.4) is 0 Å². The molecule has 1 fully saturated rings. The Morgan fingerprint density at radius 1 is 0.516 bits per heavy atom. The third-order valence-electron chi connectivity index (χ3n) is 5.29. The molecule has 0 nitrogen and oxygen atoms in total. The molecule has 0 N–H and O–H groups in total. The van der Waals surface area contributed by atoms with Crippen LogP contribution in [0.1, 0.15) is 53.5 Å². The molecule has 0 aliphatic heterocycles. The van der Waals surface area contributed by atoms with E-state index in [0.717, 1.165) is 11.8 Å². The Labute approximate surface area is 190 Å². The maximum absolute atomic E-state index is 2.46. The fourth-order valence-corrected chi connectivity index (χ4v) is 3.74. The van der Waals surface area contributed by atoms with Gasteiger partial charge in [0, 0.05) is 0 Å². The largest absolute Gasteiger partial charge is 0.0802 e. The Kier molecular flexibility index (Phi) is 10.0. The summed E-state index contributed by atoms with van der Waals surface area (Å²) in [7, 11) is 0. The molecule has 0 heterocycles. The molecule has 2 unspecified atom stereocenters. The van der Waals surface area contributed by atoms with Gasteiger partial charge in [0.15, 0.2) is 0 Å². The van der Waals surface area contributed by atoms with Gasteiger partial charge in [0.25, 0.3) is 0 Å². The quantitative estimate of drug-likeness (QED) is 0.403. The van der Waals surface area contributed by atoms with Crippen molar-refractivity contribution in [1.29, 1.82) is 0 Å². The molecule has 2 atom stereocenters. The van der Waals surface area contributed by atoms with Crippen molar-refractivity contribution >= 4 is 5.57 Å². The van der Waals surface area contributed by atoms with Crippen molar-refractivity contribution in [1.82, 2.24) is 0 Å². The van der Waals surface area contributed by atoms with E-state index in [1.165, 1.54) is 39.8 Å². The minimum absolute atomic E-state index is 0.764. The van der Waals surface area contributed by atoms with E-state index in [2.05, 4.69) is 97.1 Å². The van der Waals surface area contributed by atoms with Crippen LogP contribution in [0.5, 0.6) is 0 Å². The lowest BCUT2D eigenvalue weighted by Crippen LogP contribution is -1.91. The molecule has 3 aromatic carbocycles. The van der Waals surface area contributed by atoms with Gasteiger partial charge in [-0.05, 0) is 69.8 Å². The molecule has 0 heteroatoms. The number of allylic oxidation sites excluding steroid dienone is 4. The summed E-state index contributed by atoms with van der Waals surface area (Å²) in [5.41, 5.74) is 7.79. The lowest BCUT2D eigenvalue weighted by atomic mass is 9.91. The molecule has 0 saturated heterocycles. The third kappa shape index (κ3) is 6.31. The van der Waals surface area contributed by atoms with Crippen molar-refractivity contribution in [2.45, 2.75) is 48.0 Å². The Morgan fingerprint density at radius 3 is 1.42 bits per heavy atom. The summed E-state index contributed by atoms with van der Waals surface area (Å²) in [5.74, 6) is 1.57. The normalized spacial score (nSPS) is 17.3. The van der Waals surface area contributed by atoms with E-state index in [-0.39, 0.29) is 0 Å². The zero-order valence-electron chi connectivity index (χ0n) is 20.1. The first kappa shape index (κ1) is 24.4. The number of rotatable bonds is 3. The predicted molar refractivity (Wildman–Crippen MR) is 140 cm³/mol. The van der Waals surface area contributed by atoms with Crippen LogP contribution in [-0.4, -0.2) is 0 Å². The first-order valence-electron chi connectivity index (χ1n) is 12.0. The standard InChI is InChI=1S/C25H20.3C2H6/c1-3-7-18(8-4-1)22-15-23(19-9-5-2-6-10-19)17-25(16-22)21-12-11-20-13-24(20)14-21;3*1-2/h1-12,14-17,20,24H,13H2;3*1-2H3. The highest BCUT2D eigenvalue weighted by atomic mass is 14.4. The number of fused-ring (bicyclic) bond motifs is 1. The summed E-state index contributed by atoms with van der Waals surface area (Å²) in [6.07, 6.45) is 8.48. The maximum atomic E-state index is 2.46. The van der Waals surface area contributed by atoms with E-state index in [9.17, 15) is 0 Å². The summed E-state index contributed by atoms with van der Waals surface area (Å²) >= 11 is 0. The van der Waals surface area contributed by atoms with Crippen molar-refractivity contribution < 1.29 is 0 Å². The maximum Gasteiger partial charge on any atom is -0.0155 e. The van der Waals surface area contributed by atoms with E-state index in [4.69, 9.17) is 0 Å². The molecule has 0 bridgehead atoms. The van der Waals surface area contributed by atoms with Crippen LogP contribution in [0, 0.1) is 11.8 Å². The average molecular weight is 411 g/mol. The van der Waals surface area contributed by atoms with E-state index in [0.29, 0.717) is 0 Å². The molecule has 0 radical (unpaired) electrons. The highest BCUT2D eigenvalue weighted by Crippen LogP contribution is 2.46. The number of hydrogen-bond acceptors (Lipinski definition) is 0. The van der Waals surface area contributed by atoms with Gasteiger partial charge < -0.3 is 0 Å². The summed E-state index contributed by atoms with van der Waals surface area (Å²) in [6.45, 7) is 12.0. The zero-order chi connectivity index (χ0) is 22.6. The topological polar surface area (TPSA) is 0 Å². The van der Waals surface area contributed by atoms with E-state index < -0.39 is 0 Å². The molecule has 1 saturated carbocycles. The highest BCUT2D eigenvalue weighted by Gasteiger charge is 2.35. The second kappa shape index (κ2) is 12.7. The zero-order valence-corrected chi connectivity index (χ0v) is 20.1. The van der Waals surface area contributed by atoms with Crippen LogP contribution in [0.25, 0.3) is 27.8 Å². The Balaban J connectivity index is 0.000000527. The van der Waals surface area contributed by atoms with Crippen LogP contribution >= 0.6 is 0 Å². The minimum Gasteiger partial charge on any atom is -0.0802 e. The van der Waals surface area contributed by atoms with E-state index in [1.54, 1.807) is 0 Å². The molecular formula is C31H38. The van der Waals surface area contributed by atoms with Gasteiger partial charge in [0.2, 0.25) is 0 Å². The van der Waals surface area contributed by atoms with Crippen LogP contribution in [-0.2, 0) is 0 Å². The fraction of sp³-hybridized carbons (Fsp3) is 0.290. The van der Waals surface area contributed by atoms with Crippen LogP contribution in [0.2, 0.25) is 0 Å². The molecule has 3 aromatic rings. The first-order valence-corrected chi connectivity index (χ1v) is 12.0. The van der Waals surface area contributed by atoms with Gasteiger partial charge in [-0.2, -0.15) is 0 Å². The smallest absolute Gasteiger partial charge is 0.0155 e. The van der Waals surface area contributed by atoms with Crippen molar-refractivity contribution in [3.8, 4) is 22.3 Å². The predicted octanol–water partition coefficient (Wildman–Crippen LogP) is 9.69. The molecule has 162 valence electrons. The monoisotopic (exact) mass is 410 g/mol. The number of benzene rings is 3. The molecule has 2 aliphatic rings. The Hall–Kier alpha value is -2.86. The van der Waals surface area contributed by atoms with Gasteiger partial charge in [-0.1, -0.05) is 120 Å². The van der Waals surface area contributed by atoms with Crippen molar-refractivity contribution in [3.05, 3.63) is 103 Å². The SMILES string of the molecule is C1=CC2CC2C=C1c1cc(-c2ccccc2)cc(-c2ccccc2)c1.CC.CC.CC. The van der Waals surface area contributed by atoms with E-state index >= 15 is 0 Å². The second-order valence-electron chi connectivity index (χ2n) is 7.08. The second-order valence-corrected chi connectivity index (χ2v) is 7.08. The lowest BCUT2D eigenvalue weighted by molar-refractivity contribution is 0.985. The van der Waals surface area contributed by atoms with Gasteiger partial charge >= 0.3 is 0 Å². The Morgan fingerprint density at radius 2 is 0.968 bits per heavy atom. The van der Waals surface area contributed by atoms with Crippen molar-refractivity contribution in [2.24, 2.45) is 11.8 Å². The van der Waals surface area contributed by atoms with Gasteiger partial charge in [0.05, 0.1) is 0 Å². The van der Waals surface area contributed by atoms with Crippen molar-refractivity contribution in [3.63, 3.8) is 0 Å². The molecule has 0 aromatic heterocycles. The van der Waals surface area contributed by atoms with Gasteiger partial charge in [-0.15, -0.1) is 0 Å². The minimum atomic E-state index is 0.764. The molecule has 5 rings (SSSR count). The summed E-state index contributed by atoms with van der Waals surface area (Å²) in [6, 6.07) is 28.3. The van der Waals surface area contributed by atoms with Crippen LogP contribution in [0.15, 0.2) is 97.1 Å².